The standard InChI is InChI=1S/C15H29N5/c1-6-18(7-2)13-8-9-19(10-13)15-14(16)12(5)17-20(15)11(3)4/h11,13H,6-10,16H2,1-5H3. The highest BCUT2D eigenvalue weighted by Gasteiger charge is 2.30. The Hall–Kier alpha value is -1.23. The Morgan fingerprint density at radius 2 is 2.00 bits per heavy atom. The summed E-state index contributed by atoms with van der Waals surface area (Å²) in [6.45, 7) is 15.2. The van der Waals surface area contributed by atoms with Gasteiger partial charge in [0, 0.05) is 25.2 Å². The van der Waals surface area contributed by atoms with Crippen LogP contribution in [0.15, 0.2) is 0 Å². The van der Waals surface area contributed by atoms with E-state index in [2.05, 4.69) is 47.3 Å². The average molecular weight is 279 g/mol. The van der Waals surface area contributed by atoms with Crippen molar-refractivity contribution in [1.82, 2.24) is 14.7 Å². The van der Waals surface area contributed by atoms with Gasteiger partial charge in [-0.3, -0.25) is 4.90 Å². The Balaban J connectivity index is 2.22. The Bertz CT molecular complexity index is 447. The molecule has 0 radical (unpaired) electrons. The third-order valence-corrected chi connectivity index (χ3v) is 4.39. The normalized spacial score (nSPS) is 19.6. The molecule has 1 saturated heterocycles. The van der Waals surface area contributed by atoms with Crippen molar-refractivity contribution in [3.63, 3.8) is 0 Å². The number of hydrogen-bond acceptors (Lipinski definition) is 4. The fraction of sp³-hybridized carbons (Fsp3) is 0.800. The number of nitrogens with zero attached hydrogens (tertiary/aromatic N) is 4. The van der Waals surface area contributed by atoms with E-state index in [4.69, 9.17) is 5.73 Å². The Morgan fingerprint density at radius 1 is 1.35 bits per heavy atom. The molecule has 114 valence electrons. The van der Waals surface area contributed by atoms with Gasteiger partial charge in [-0.1, -0.05) is 13.8 Å². The van der Waals surface area contributed by atoms with Gasteiger partial charge < -0.3 is 10.6 Å². The molecule has 1 aliphatic rings. The van der Waals surface area contributed by atoms with Gasteiger partial charge in [-0.15, -0.1) is 0 Å². The molecule has 0 spiro atoms. The second kappa shape index (κ2) is 6.04. The highest BCUT2D eigenvalue weighted by Crippen LogP contribution is 2.32. The van der Waals surface area contributed by atoms with Crippen LogP contribution in [-0.4, -0.2) is 46.9 Å². The molecule has 1 unspecified atom stereocenters. The zero-order valence-electron chi connectivity index (χ0n) is 13.6. The number of nitrogens with two attached hydrogens (primary N) is 1. The number of anilines is 2. The summed E-state index contributed by atoms with van der Waals surface area (Å²) in [5.74, 6) is 1.12. The van der Waals surface area contributed by atoms with Crippen LogP contribution in [0.2, 0.25) is 0 Å². The molecule has 0 bridgehead atoms. The third-order valence-electron chi connectivity index (χ3n) is 4.39. The van der Waals surface area contributed by atoms with Gasteiger partial charge in [0.25, 0.3) is 0 Å². The number of likely N-dealkylation sites (N-methyl/N-ethyl adjacent to an activating group) is 1. The van der Waals surface area contributed by atoms with Gasteiger partial charge in [-0.05, 0) is 40.3 Å². The van der Waals surface area contributed by atoms with E-state index in [0.29, 0.717) is 12.1 Å². The number of aryl methyl sites for hydroxylation is 1. The molecule has 0 aromatic carbocycles. The SMILES string of the molecule is CCN(CC)C1CCN(c2c(N)c(C)nn2C(C)C)C1. The van der Waals surface area contributed by atoms with Crippen molar-refractivity contribution in [3.8, 4) is 0 Å². The number of rotatable bonds is 5. The van der Waals surface area contributed by atoms with Crippen molar-refractivity contribution in [3.05, 3.63) is 5.69 Å². The van der Waals surface area contributed by atoms with Crippen LogP contribution >= 0.6 is 0 Å². The van der Waals surface area contributed by atoms with Crippen LogP contribution < -0.4 is 10.6 Å². The molecule has 0 aliphatic carbocycles. The molecule has 1 aliphatic heterocycles. The maximum atomic E-state index is 6.27. The van der Waals surface area contributed by atoms with Crippen LogP contribution in [0.4, 0.5) is 11.5 Å². The van der Waals surface area contributed by atoms with E-state index in [1.165, 1.54) is 6.42 Å². The molecule has 2 heterocycles. The number of nitrogen functional groups attached to an aromatic ring is 1. The topological polar surface area (TPSA) is 50.3 Å². The maximum Gasteiger partial charge on any atom is 0.150 e. The van der Waals surface area contributed by atoms with Crippen LogP contribution in [0.1, 0.15) is 45.9 Å². The van der Waals surface area contributed by atoms with E-state index in [0.717, 1.165) is 43.4 Å². The zero-order valence-corrected chi connectivity index (χ0v) is 13.6. The lowest BCUT2D eigenvalue weighted by atomic mass is 10.2. The molecular weight excluding hydrogens is 250 g/mol. The second-order valence-electron chi connectivity index (χ2n) is 5.97. The number of hydrogen-bond donors (Lipinski definition) is 1. The average Bonchev–Trinajstić information content (AvgIpc) is 2.98. The first-order chi connectivity index (χ1) is 9.49. The molecule has 1 atom stereocenters. The van der Waals surface area contributed by atoms with Crippen LogP contribution in [0.25, 0.3) is 0 Å². The smallest absolute Gasteiger partial charge is 0.150 e. The van der Waals surface area contributed by atoms with Gasteiger partial charge in [-0.25, -0.2) is 4.68 Å². The molecule has 1 fully saturated rings. The first-order valence-corrected chi connectivity index (χ1v) is 7.83. The molecular formula is C15H29N5. The lowest BCUT2D eigenvalue weighted by molar-refractivity contribution is 0.232. The second-order valence-corrected chi connectivity index (χ2v) is 5.97. The quantitative estimate of drug-likeness (QED) is 0.898. The van der Waals surface area contributed by atoms with Crippen molar-refractivity contribution in [2.45, 2.75) is 53.1 Å². The number of aromatic nitrogens is 2. The van der Waals surface area contributed by atoms with E-state index in [-0.39, 0.29) is 0 Å². The molecule has 5 heteroatoms. The Labute approximate surface area is 122 Å². The summed E-state index contributed by atoms with van der Waals surface area (Å²) in [6.07, 6.45) is 1.21. The molecule has 2 rings (SSSR count). The van der Waals surface area contributed by atoms with Gasteiger partial charge in [0.05, 0.1) is 11.4 Å². The van der Waals surface area contributed by atoms with Gasteiger partial charge in [0.15, 0.2) is 5.82 Å². The van der Waals surface area contributed by atoms with Crippen LogP contribution in [0.5, 0.6) is 0 Å². The minimum Gasteiger partial charge on any atom is -0.394 e. The van der Waals surface area contributed by atoms with Crippen LogP contribution in [0.3, 0.4) is 0 Å². The van der Waals surface area contributed by atoms with Crippen molar-refractivity contribution in [2.75, 3.05) is 36.8 Å². The Kier molecular flexibility index (Phi) is 4.58. The lowest BCUT2D eigenvalue weighted by Gasteiger charge is -2.27. The zero-order chi connectivity index (χ0) is 14.9. The van der Waals surface area contributed by atoms with E-state index in [1.54, 1.807) is 0 Å². The summed E-state index contributed by atoms with van der Waals surface area (Å²) in [4.78, 5) is 4.96. The van der Waals surface area contributed by atoms with E-state index in [1.807, 2.05) is 6.92 Å². The molecule has 1 aromatic heterocycles. The van der Waals surface area contributed by atoms with Crippen LogP contribution in [-0.2, 0) is 0 Å². The predicted molar refractivity (Wildman–Crippen MR) is 85.3 cm³/mol. The molecule has 1 aromatic rings. The molecule has 0 saturated carbocycles. The summed E-state index contributed by atoms with van der Waals surface area (Å²) in [5.41, 5.74) is 8.06. The minimum absolute atomic E-state index is 0.341. The van der Waals surface area contributed by atoms with Crippen molar-refractivity contribution in [1.29, 1.82) is 0 Å². The van der Waals surface area contributed by atoms with Gasteiger partial charge in [0.2, 0.25) is 0 Å². The van der Waals surface area contributed by atoms with E-state index < -0.39 is 0 Å². The van der Waals surface area contributed by atoms with Crippen molar-refractivity contribution < 1.29 is 0 Å². The minimum atomic E-state index is 0.341. The summed E-state index contributed by atoms with van der Waals surface area (Å²) >= 11 is 0. The summed E-state index contributed by atoms with van der Waals surface area (Å²) in [5, 5.41) is 4.60. The fourth-order valence-electron chi connectivity index (χ4n) is 3.20. The lowest BCUT2D eigenvalue weighted by Crippen LogP contribution is -2.37. The largest absolute Gasteiger partial charge is 0.394 e. The first kappa shape index (κ1) is 15.2. The highest BCUT2D eigenvalue weighted by molar-refractivity contribution is 5.67. The first-order valence-electron chi connectivity index (χ1n) is 7.83. The molecule has 0 amide bonds. The van der Waals surface area contributed by atoms with Crippen molar-refractivity contribution in [2.24, 2.45) is 0 Å². The molecule has 20 heavy (non-hydrogen) atoms. The summed E-state index contributed by atoms with van der Waals surface area (Å²) in [7, 11) is 0. The van der Waals surface area contributed by atoms with Gasteiger partial charge in [0.1, 0.15) is 0 Å². The van der Waals surface area contributed by atoms with E-state index in [9.17, 15) is 0 Å². The van der Waals surface area contributed by atoms with E-state index >= 15 is 0 Å². The van der Waals surface area contributed by atoms with Crippen molar-refractivity contribution >= 4 is 11.5 Å². The highest BCUT2D eigenvalue weighted by atomic mass is 15.4. The molecule has 2 N–H and O–H groups in total. The summed E-state index contributed by atoms with van der Waals surface area (Å²) in [6, 6.07) is 0.980. The monoisotopic (exact) mass is 279 g/mol. The maximum absolute atomic E-state index is 6.27. The summed E-state index contributed by atoms with van der Waals surface area (Å²) < 4.78 is 2.08. The third kappa shape index (κ3) is 2.64. The van der Waals surface area contributed by atoms with Gasteiger partial charge >= 0.3 is 0 Å². The molecule has 5 nitrogen and oxygen atoms in total. The van der Waals surface area contributed by atoms with Crippen LogP contribution in [0, 0.1) is 6.92 Å². The fourth-order valence-corrected chi connectivity index (χ4v) is 3.20. The predicted octanol–water partition coefficient (Wildman–Crippen LogP) is 2.28. The Morgan fingerprint density at radius 3 is 2.55 bits per heavy atom. The van der Waals surface area contributed by atoms with Gasteiger partial charge in [-0.2, -0.15) is 5.10 Å².